The van der Waals surface area contributed by atoms with E-state index < -0.39 is 0 Å². The Kier molecular flexibility index (Phi) is 6.39. The first-order valence-corrected chi connectivity index (χ1v) is 13.3. The van der Waals surface area contributed by atoms with Crippen LogP contribution in [0.25, 0.3) is 0 Å². The van der Waals surface area contributed by atoms with Crippen LogP contribution < -0.4 is 0 Å². The van der Waals surface area contributed by atoms with Crippen molar-refractivity contribution in [2.45, 2.75) is 89.9 Å². The zero-order valence-corrected chi connectivity index (χ0v) is 18.9. The third kappa shape index (κ3) is 4.17. The van der Waals surface area contributed by atoms with Gasteiger partial charge in [0.1, 0.15) is 0 Å². The Morgan fingerprint density at radius 3 is 1.27 bits per heavy atom. The second kappa shape index (κ2) is 9.20. The van der Waals surface area contributed by atoms with Gasteiger partial charge in [0.15, 0.2) is 0 Å². The van der Waals surface area contributed by atoms with Crippen molar-refractivity contribution in [3.63, 3.8) is 0 Å². The standard InChI is InChI=1S/C26H42N2O2/c29-25(27-15-13-19-7-1-3-9-21(19)17-27)23-11-5-6-12-24(23)26(30)28-16-14-20-8-2-4-10-22(20)18-28/h19-24H,1-18H2. The lowest BCUT2D eigenvalue weighted by Gasteiger charge is -2.45. The number of carbonyl (C=O) groups excluding carboxylic acids is 2. The normalized spacial score (nSPS) is 39.7. The Labute approximate surface area is 183 Å². The van der Waals surface area contributed by atoms with Crippen LogP contribution in [-0.4, -0.2) is 47.8 Å². The molecule has 5 aliphatic rings. The van der Waals surface area contributed by atoms with E-state index >= 15 is 0 Å². The molecule has 6 atom stereocenters. The molecule has 2 amide bonds. The molecule has 5 rings (SSSR count). The maximum atomic E-state index is 13.6. The molecule has 0 aromatic carbocycles. The highest BCUT2D eigenvalue weighted by Gasteiger charge is 2.43. The molecule has 4 heteroatoms. The Morgan fingerprint density at radius 2 is 0.833 bits per heavy atom. The largest absolute Gasteiger partial charge is 0.342 e. The van der Waals surface area contributed by atoms with Gasteiger partial charge in [-0.15, -0.1) is 0 Å². The fourth-order valence-corrected chi connectivity index (χ4v) is 7.79. The first-order valence-electron chi connectivity index (χ1n) is 13.3. The van der Waals surface area contributed by atoms with Crippen molar-refractivity contribution in [1.82, 2.24) is 9.80 Å². The van der Waals surface area contributed by atoms with Gasteiger partial charge < -0.3 is 9.80 Å². The van der Waals surface area contributed by atoms with Crippen molar-refractivity contribution in [3.8, 4) is 0 Å². The van der Waals surface area contributed by atoms with Crippen LogP contribution in [0, 0.1) is 35.5 Å². The maximum absolute atomic E-state index is 13.6. The van der Waals surface area contributed by atoms with Gasteiger partial charge in [-0.1, -0.05) is 51.4 Å². The van der Waals surface area contributed by atoms with Gasteiger partial charge in [-0.05, 0) is 62.2 Å². The SMILES string of the molecule is O=C(C1CCCCC1C(=O)N1CCC2CCCCC2C1)N1CCC2CCCCC2C1. The van der Waals surface area contributed by atoms with E-state index in [1.165, 1.54) is 64.2 Å². The predicted octanol–water partition coefficient (Wildman–Crippen LogP) is 4.87. The molecule has 5 fully saturated rings. The summed E-state index contributed by atoms with van der Waals surface area (Å²) in [5.41, 5.74) is 0. The van der Waals surface area contributed by atoms with Crippen LogP contribution in [0.5, 0.6) is 0 Å². The molecule has 3 saturated carbocycles. The highest BCUT2D eigenvalue weighted by Crippen LogP contribution is 2.40. The van der Waals surface area contributed by atoms with Crippen LogP contribution in [0.4, 0.5) is 0 Å². The molecule has 2 aliphatic heterocycles. The zero-order valence-electron chi connectivity index (χ0n) is 18.9. The zero-order chi connectivity index (χ0) is 20.5. The topological polar surface area (TPSA) is 40.6 Å². The molecular formula is C26H42N2O2. The molecule has 0 spiro atoms. The molecule has 168 valence electrons. The summed E-state index contributed by atoms with van der Waals surface area (Å²) in [7, 11) is 0. The van der Waals surface area contributed by atoms with Crippen LogP contribution in [0.3, 0.4) is 0 Å². The number of rotatable bonds is 2. The lowest BCUT2D eigenvalue weighted by molar-refractivity contribution is -0.151. The quantitative estimate of drug-likeness (QED) is 0.647. The number of piperidine rings is 2. The average molecular weight is 415 g/mol. The number of hydrogen-bond acceptors (Lipinski definition) is 2. The minimum atomic E-state index is -0.0459. The van der Waals surface area contributed by atoms with Crippen molar-refractivity contribution >= 4 is 11.8 Å². The first kappa shape index (κ1) is 20.8. The molecule has 3 aliphatic carbocycles. The van der Waals surface area contributed by atoms with Gasteiger partial charge in [-0.3, -0.25) is 9.59 Å². The van der Waals surface area contributed by atoms with Crippen LogP contribution >= 0.6 is 0 Å². The number of carbonyl (C=O) groups is 2. The first-order chi connectivity index (χ1) is 14.7. The Morgan fingerprint density at radius 1 is 0.467 bits per heavy atom. The number of amides is 2. The summed E-state index contributed by atoms with van der Waals surface area (Å²) in [6.07, 6.45) is 17.3. The average Bonchev–Trinajstić information content (AvgIpc) is 2.82. The van der Waals surface area contributed by atoms with E-state index in [9.17, 15) is 9.59 Å². The minimum Gasteiger partial charge on any atom is -0.342 e. The summed E-state index contributed by atoms with van der Waals surface area (Å²) in [5, 5.41) is 0. The van der Waals surface area contributed by atoms with Crippen LogP contribution in [0.15, 0.2) is 0 Å². The molecule has 0 bridgehead atoms. The second-order valence-corrected chi connectivity index (χ2v) is 11.3. The Bertz CT molecular complexity index is 581. The molecule has 0 N–H and O–H groups in total. The molecule has 0 aromatic heterocycles. The van der Waals surface area contributed by atoms with Gasteiger partial charge in [0.25, 0.3) is 0 Å². The summed E-state index contributed by atoms with van der Waals surface area (Å²) in [6.45, 7) is 3.80. The van der Waals surface area contributed by atoms with E-state index in [1.807, 2.05) is 0 Å². The van der Waals surface area contributed by atoms with Crippen LogP contribution in [0.1, 0.15) is 89.9 Å². The number of likely N-dealkylation sites (tertiary alicyclic amines) is 2. The Balaban J connectivity index is 1.24. The van der Waals surface area contributed by atoms with Crippen molar-refractivity contribution in [1.29, 1.82) is 0 Å². The summed E-state index contributed by atoms with van der Waals surface area (Å²) in [4.78, 5) is 31.6. The third-order valence-corrected chi connectivity index (χ3v) is 9.61. The lowest BCUT2D eigenvalue weighted by atomic mass is 9.73. The van der Waals surface area contributed by atoms with E-state index in [0.29, 0.717) is 11.8 Å². The fourth-order valence-electron chi connectivity index (χ4n) is 7.79. The molecule has 0 aromatic rings. The van der Waals surface area contributed by atoms with E-state index in [-0.39, 0.29) is 11.8 Å². The van der Waals surface area contributed by atoms with E-state index in [1.54, 1.807) is 0 Å². The summed E-state index contributed by atoms with van der Waals surface area (Å²) in [5.74, 6) is 3.70. The van der Waals surface area contributed by atoms with E-state index in [0.717, 1.165) is 75.5 Å². The Hall–Kier alpha value is -1.06. The number of hydrogen-bond donors (Lipinski definition) is 0. The molecule has 4 nitrogen and oxygen atoms in total. The highest BCUT2D eigenvalue weighted by molar-refractivity contribution is 5.88. The van der Waals surface area contributed by atoms with Crippen molar-refractivity contribution in [3.05, 3.63) is 0 Å². The second-order valence-electron chi connectivity index (χ2n) is 11.3. The number of fused-ring (bicyclic) bond motifs is 2. The molecule has 2 saturated heterocycles. The van der Waals surface area contributed by atoms with E-state index in [4.69, 9.17) is 0 Å². The molecule has 0 radical (unpaired) electrons. The van der Waals surface area contributed by atoms with Gasteiger partial charge in [0.2, 0.25) is 11.8 Å². The van der Waals surface area contributed by atoms with Crippen molar-refractivity contribution in [2.75, 3.05) is 26.2 Å². The smallest absolute Gasteiger partial charge is 0.226 e. The number of nitrogens with zero attached hydrogens (tertiary/aromatic N) is 2. The molecule has 30 heavy (non-hydrogen) atoms. The van der Waals surface area contributed by atoms with Gasteiger partial charge in [0, 0.05) is 38.0 Å². The van der Waals surface area contributed by atoms with Gasteiger partial charge in [-0.25, -0.2) is 0 Å². The highest BCUT2D eigenvalue weighted by atomic mass is 16.2. The van der Waals surface area contributed by atoms with Gasteiger partial charge in [-0.2, -0.15) is 0 Å². The fraction of sp³-hybridized carbons (Fsp3) is 0.923. The minimum absolute atomic E-state index is 0.0459. The molecular weight excluding hydrogens is 372 g/mol. The van der Waals surface area contributed by atoms with Gasteiger partial charge in [0.05, 0.1) is 0 Å². The summed E-state index contributed by atoms with van der Waals surface area (Å²) >= 11 is 0. The van der Waals surface area contributed by atoms with Gasteiger partial charge >= 0.3 is 0 Å². The van der Waals surface area contributed by atoms with Crippen LogP contribution in [-0.2, 0) is 9.59 Å². The van der Waals surface area contributed by atoms with Crippen molar-refractivity contribution < 1.29 is 9.59 Å². The van der Waals surface area contributed by atoms with Crippen molar-refractivity contribution in [2.24, 2.45) is 35.5 Å². The lowest BCUT2D eigenvalue weighted by Crippen LogP contribution is -2.52. The van der Waals surface area contributed by atoms with Crippen LogP contribution in [0.2, 0.25) is 0 Å². The molecule has 6 unspecified atom stereocenters. The molecule has 2 heterocycles. The summed E-state index contributed by atoms with van der Waals surface area (Å²) < 4.78 is 0. The predicted molar refractivity (Wildman–Crippen MR) is 119 cm³/mol. The monoisotopic (exact) mass is 414 g/mol. The third-order valence-electron chi connectivity index (χ3n) is 9.61. The van der Waals surface area contributed by atoms with E-state index in [2.05, 4.69) is 9.80 Å². The maximum Gasteiger partial charge on any atom is 0.226 e. The summed E-state index contributed by atoms with van der Waals surface area (Å²) in [6, 6.07) is 0.